The number of anilines is 3. The van der Waals surface area contributed by atoms with Crippen LogP contribution in [0.4, 0.5) is 21.5 Å². The van der Waals surface area contributed by atoms with Crippen molar-refractivity contribution in [3.8, 4) is 0 Å². The summed E-state index contributed by atoms with van der Waals surface area (Å²) in [6.45, 7) is 7.25. The van der Waals surface area contributed by atoms with Crippen LogP contribution < -0.4 is 16.1 Å². The van der Waals surface area contributed by atoms with Gasteiger partial charge in [0.15, 0.2) is 5.82 Å². The highest BCUT2D eigenvalue weighted by molar-refractivity contribution is 6.30. The molecule has 0 aliphatic carbocycles. The molecule has 0 bridgehead atoms. The molecule has 0 unspecified atom stereocenters. The molecule has 3 rings (SSSR count). The molecule has 3 aromatic carbocycles. The second kappa shape index (κ2) is 10.1. The minimum Gasteiger partial charge on any atom is -0.362 e. The van der Waals surface area contributed by atoms with Gasteiger partial charge in [0.05, 0.1) is 17.9 Å². The summed E-state index contributed by atoms with van der Waals surface area (Å²) in [7, 11) is 0. The van der Waals surface area contributed by atoms with E-state index in [1.54, 1.807) is 31.2 Å². The zero-order valence-corrected chi connectivity index (χ0v) is 18.0. The average Bonchev–Trinajstić information content (AvgIpc) is 2.75. The molecule has 0 radical (unpaired) electrons. The van der Waals surface area contributed by atoms with Gasteiger partial charge >= 0.3 is 0 Å². The number of hydrogen-bond donors (Lipinski definition) is 3. The smallest absolute Gasteiger partial charge is 0.277 e. The van der Waals surface area contributed by atoms with Crippen molar-refractivity contribution in [1.82, 2.24) is 5.48 Å². The summed E-state index contributed by atoms with van der Waals surface area (Å²) in [4.78, 5) is 18.2. The lowest BCUT2D eigenvalue weighted by molar-refractivity contribution is 0.0234. The quantitative estimate of drug-likeness (QED) is 0.363. The average molecular weight is 440 g/mol. The van der Waals surface area contributed by atoms with Gasteiger partial charge in [0.2, 0.25) is 0 Å². The Morgan fingerprint density at radius 2 is 1.87 bits per heavy atom. The van der Waals surface area contributed by atoms with Crippen molar-refractivity contribution < 1.29 is 14.0 Å². The van der Waals surface area contributed by atoms with Crippen LogP contribution in [0.3, 0.4) is 0 Å². The Morgan fingerprint density at radius 3 is 2.55 bits per heavy atom. The Kier molecular flexibility index (Phi) is 7.28. The molecule has 3 aromatic rings. The zero-order chi connectivity index (χ0) is 22.4. The van der Waals surface area contributed by atoms with Crippen molar-refractivity contribution in [3.63, 3.8) is 0 Å². The van der Waals surface area contributed by atoms with E-state index in [0.717, 1.165) is 11.1 Å². The molecule has 0 aliphatic heterocycles. The second-order valence-electron chi connectivity index (χ2n) is 6.92. The second-order valence-corrected chi connectivity index (χ2v) is 7.36. The third-order valence-corrected chi connectivity index (χ3v) is 4.94. The molecule has 5 nitrogen and oxygen atoms in total. The maximum Gasteiger partial charge on any atom is 0.277 e. The van der Waals surface area contributed by atoms with E-state index in [4.69, 9.17) is 16.4 Å². The van der Waals surface area contributed by atoms with Crippen LogP contribution in [0.15, 0.2) is 67.4 Å². The molecule has 0 heterocycles. The van der Waals surface area contributed by atoms with Crippen LogP contribution in [0, 0.1) is 19.7 Å². The fourth-order valence-electron chi connectivity index (χ4n) is 3.03. The summed E-state index contributed by atoms with van der Waals surface area (Å²) >= 11 is 6.02. The first-order chi connectivity index (χ1) is 14.9. The fourth-order valence-corrected chi connectivity index (χ4v) is 3.25. The number of aryl methyl sites for hydroxylation is 1. The molecule has 0 atom stereocenters. The molecule has 160 valence electrons. The van der Waals surface area contributed by atoms with Gasteiger partial charge in [-0.2, -0.15) is 0 Å². The Labute approximate surface area is 185 Å². The van der Waals surface area contributed by atoms with Gasteiger partial charge in [0.1, 0.15) is 0 Å². The summed E-state index contributed by atoms with van der Waals surface area (Å²) in [5, 5.41) is 6.46. The van der Waals surface area contributed by atoms with Crippen molar-refractivity contribution in [1.29, 1.82) is 0 Å². The Morgan fingerprint density at radius 1 is 1.13 bits per heavy atom. The van der Waals surface area contributed by atoms with Crippen molar-refractivity contribution >= 4 is 34.6 Å². The molecule has 0 fully saturated rings. The number of carbonyl (C=O) groups is 1. The van der Waals surface area contributed by atoms with Crippen LogP contribution in [0.5, 0.6) is 0 Å². The molecular weight excluding hydrogens is 417 g/mol. The highest BCUT2D eigenvalue weighted by Gasteiger charge is 2.21. The van der Waals surface area contributed by atoms with E-state index in [0.29, 0.717) is 22.0 Å². The normalized spacial score (nSPS) is 10.5. The lowest BCUT2D eigenvalue weighted by Gasteiger charge is -2.18. The molecule has 3 N–H and O–H groups in total. The molecule has 0 saturated heterocycles. The summed E-state index contributed by atoms with van der Waals surface area (Å²) in [6, 6.07) is 16.1. The van der Waals surface area contributed by atoms with Crippen LogP contribution in [0.25, 0.3) is 0 Å². The lowest BCUT2D eigenvalue weighted by atomic mass is 10.0. The lowest BCUT2D eigenvalue weighted by Crippen LogP contribution is -2.25. The van der Waals surface area contributed by atoms with Crippen LogP contribution in [0.2, 0.25) is 5.02 Å². The van der Waals surface area contributed by atoms with E-state index in [-0.39, 0.29) is 17.9 Å². The Balaban J connectivity index is 1.91. The highest BCUT2D eigenvalue weighted by Crippen LogP contribution is 2.33. The van der Waals surface area contributed by atoms with Gasteiger partial charge in [-0.3, -0.25) is 9.63 Å². The van der Waals surface area contributed by atoms with E-state index in [9.17, 15) is 4.79 Å². The third kappa shape index (κ3) is 5.42. The van der Waals surface area contributed by atoms with Crippen molar-refractivity contribution in [3.05, 3.63) is 100 Å². The van der Waals surface area contributed by atoms with E-state index in [1.165, 1.54) is 6.20 Å². The van der Waals surface area contributed by atoms with Gasteiger partial charge in [-0.15, -0.1) is 0 Å². The van der Waals surface area contributed by atoms with Gasteiger partial charge in [0, 0.05) is 22.0 Å². The van der Waals surface area contributed by atoms with Gasteiger partial charge in [0.25, 0.3) is 5.91 Å². The summed E-state index contributed by atoms with van der Waals surface area (Å²) in [5.41, 5.74) is 5.62. The SMILES string of the molecule is C=CNc1cc(C(=O)NOCc2ccccc2)c(Nc2ccc(Cl)cc2C)c(F)c1C. The molecule has 0 aliphatic rings. The molecular formula is C24H23ClFN3O2. The first kappa shape index (κ1) is 22.3. The van der Waals surface area contributed by atoms with Crippen LogP contribution in [-0.4, -0.2) is 5.91 Å². The molecule has 0 spiro atoms. The zero-order valence-electron chi connectivity index (χ0n) is 17.3. The van der Waals surface area contributed by atoms with Crippen LogP contribution in [-0.2, 0) is 11.4 Å². The molecule has 7 heteroatoms. The number of hydrogen-bond acceptors (Lipinski definition) is 4. The molecule has 31 heavy (non-hydrogen) atoms. The number of benzene rings is 3. The standard InChI is InChI=1S/C24H23ClFN3O2/c1-4-27-21-13-19(24(30)29-31-14-17-8-6-5-7-9-17)23(22(26)16(21)3)28-20-11-10-18(25)12-15(20)2/h4-13,27-28H,1,14H2,2-3H3,(H,29,30). The molecule has 0 saturated carbocycles. The van der Waals surface area contributed by atoms with Crippen LogP contribution in [0.1, 0.15) is 27.0 Å². The minimum absolute atomic E-state index is 0.0401. The minimum atomic E-state index is -0.587. The van der Waals surface area contributed by atoms with E-state index in [2.05, 4.69) is 22.7 Å². The molecule has 1 amide bonds. The van der Waals surface area contributed by atoms with E-state index < -0.39 is 11.7 Å². The first-order valence-corrected chi connectivity index (χ1v) is 9.98. The predicted molar refractivity (Wildman–Crippen MR) is 123 cm³/mol. The number of nitrogens with one attached hydrogen (secondary N) is 3. The summed E-state index contributed by atoms with van der Waals surface area (Å²) in [5.74, 6) is -1.15. The Bertz CT molecular complexity index is 1100. The maximum atomic E-state index is 15.3. The number of rotatable bonds is 8. The van der Waals surface area contributed by atoms with E-state index >= 15 is 4.39 Å². The summed E-state index contributed by atoms with van der Waals surface area (Å²) in [6.07, 6.45) is 1.42. The maximum absolute atomic E-state index is 15.3. The number of hydroxylamine groups is 1. The number of carbonyl (C=O) groups excluding carboxylic acids is 1. The van der Waals surface area contributed by atoms with E-state index in [1.807, 2.05) is 37.3 Å². The highest BCUT2D eigenvalue weighted by atomic mass is 35.5. The van der Waals surface area contributed by atoms with Crippen molar-refractivity contribution in [2.45, 2.75) is 20.5 Å². The predicted octanol–water partition coefficient (Wildman–Crippen LogP) is 6.26. The Hall–Kier alpha value is -3.35. The van der Waals surface area contributed by atoms with Gasteiger partial charge in [-0.1, -0.05) is 48.5 Å². The summed E-state index contributed by atoms with van der Waals surface area (Å²) < 4.78 is 15.3. The van der Waals surface area contributed by atoms with Gasteiger partial charge < -0.3 is 10.6 Å². The largest absolute Gasteiger partial charge is 0.362 e. The van der Waals surface area contributed by atoms with Crippen molar-refractivity contribution in [2.75, 3.05) is 10.6 Å². The molecule has 0 aromatic heterocycles. The van der Waals surface area contributed by atoms with Gasteiger partial charge in [-0.05, 0) is 55.4 Å². The monoisotopic (exact) mass is 439 g/mol. The van der Waals surface area contributed by atoms with Crippen LogP contribution >= 0.6 is 11.6 Å². The fraction of sp³-hybridized carbons (Fsp3) is 0.125. The number of halogens is 2. The topological polar surface area (TPSA) is 62.4 Å². The van der Waals surface area contributed by atoms with Crippen molar-refractivity contribution in [2.24, 2.45) is 0 Å². The number of amides is 1. The third-order valence-electron chi connectivity index (χ3n) is 4.71. The van der Waals surface area contributed by atoms with Gasteiger partial charge in [-0.25, -0.2) is 9.87 Å². The first-order valence-electron chi connectivity index (χ1n) is 9.60.